The highest BCUT2D eigenvalue weighted by Gasteiger charge is 2.06. The van der Waals surface area contributed by atoms with Crippen LogP contribution in [0.3, 0.4) is 0 Å². The summed E-state index contributed by atoms with van der Waals surface area (Å²) in [4.78, 5) is 8.55. The van der Waals surface area contributed by atoms with Crippen molar-refractivity contribution in [3.63, 3.8) is 0 Å². The number of H-pyrrole nitrogens is 1. The zero-order chi connectivity index (χ0) is 12.8. The van der Waals surface area contributed by atoms with E-state index in [1.54, 1.807) is 0 Å². The third-order valence-corrected chi connectivity index (χ3v) is 3.44. The average molecular weight is 263 g/mol. The first kappa shape index (κ1) is 13.0. The van der Waals surface area contributed by atoms with Gasteiger partial charge >= 0.3 is 0 Å². The molecule has 2 heterocycles. The summed E-state index contributed by atoms with van der Waals surface area (Å²) in [6.45, 7) is 6.13. The highest BCUT2D eigenvalue weighted by Crippen LogP contribution is 2.25. The third-order valence-electron chi connectivity index (χ3n) is 2.43. The lowest BCUT2D eigenvalue weighted by atomic mass is 10.2. The quantitative estimate of drug-likeness (QED) is 0.782. The minimum absolute atomic E-state index is 0.766. The number of pyridine rings is 1. The van der Waals surface area contributed by atoms with Gasteiger partial charge in [-0.25, -0.2) is 9.97 Å². The molecule has 0 amide bonds. The van der Waals surface area contributed by atoms with E-state index in [4.69, 9.17) is 0 Å². The molecule has 2 N–H and O–H groups in total. The maximum atomic E-state index is 4.47. The van der Waals surface area contributed by atoms with Crippen LogP contribution in [0.1, 0.15) is 24.5 Å². The Morgan fingerprint density at radius 2 is 2.28 bits per heavy atom. The number of nitrogens with one attached hydrogen (secondary N) is 2. The Labute approximate surface area is 111 Å². The Morgan fingerprint density at radius 3 is 2.94 bits per heavy atom. The van der Waals surface area contributed by atoms with Gasteiger partial charge in [-0.1, -0.05) is 13.0 Å². The van der Waals surface area contributed by atoms with Crippen LogP contribution in [0.2, 0.25) is 0 Å². The fraction of sp³-hybridized carbons (Fsp3) is 0.417. The minimum Gasteiger partial charge on any atom is -0.313 e. The van der Waals surface area contributed by atoms with Gasteiger partial charge in [0.1, 0.15) is 11.4 Å². The van der Waals surface area contributed by atoms with Crippen LogP contribution >= 0.6 is 11.8 Å². The van der Waals surface area contributed by atoms with Crippen LogP contribution < -0.4 is 5.32 Å². The molecule has 0 saturated heterocycles. The summed E-state index contributed by atoms with van der Waals surface area (Å²) in [6, 6.07) is 2.16. The molecule has 0 spiro atoms. The number of aryl methyl sites for hydroxylation is 1. The first-order valence-electron chi connectivity index (χ1n) is 5.99. The summed E-state index contributed by atoms with van der Waals surface area (Å²) in [7, 11) is 0. The lowest BCUT2D eigenvalue weighted by Crippen LogP contribution is -2.14. The van der Waals surface area contributed by atoms with E-state index in [9.17, 15) is 0 Å². The molecule has 6 heteroatoms. The summed E-state index contributed by atoms with van der Waals surface area (Å²) in [5.41, 5.74) is 2.37. The standard InChI is InChI=1S/C12H17N5S/c1-3-4-13-6-10-5-9(2)11(14-7-10)18-12-15-8-16-17-12/h5,7-8,13H,3-4,6H2,1-2H3,(H,15,16,17). The molecule has 0 aliphatic rings. The highest BCUT2D eigenvalue weighted by molar-refractivity contribution is 7.99. The fourth-order valence-electron chi connectivity index (χ4n) is 1.57. The zero-order valence-corrected chi connectivity index (χ0v) is 11.4. The van der Waals surface area contributed by atoms with Gasteiger partial charge in [-0.3, -0.25) is 5.10 Å². The SMILES string of the molecule is CCCNCc1cnc(Sc2ncn[nH]2)c(C)c1. The van der Waals surface area contributed by atoms with Gasteiger partial charge in [-0.2, -0.15) is 5.10 Å². The van der Waals surface area contributed by atoms with Gasteiger partial charge in [0.05, 0.1) is 0 Å². The van der Waals surface area contributed by atoms with Crippen LogP contribution in [0.5, 0.6) is 0 Å². The molecule has 2 aromatic heterocycles. The molecule has 18 heavy (non-hydrogen) atoms. The van der Waals surface area contributed by atoms with Crippen LogP contribution in [0.4, 0.5) is 0 Å². The van der Waals surface area contributed by atoms with Crippen LogP contribution in [0.25, 0.3) is 0 Å². The number of nitrogens with zero attached hydrogens (tertiary/aromatic N) is 3. The maximum absolute atomic E-state index is 4.47. The smallest absolute Gasteiger partial charge is 0.189 e. The molecule has 0 bridgehead atoms. The van der Waals surface area contributed by atoms with Crippen molar-refractivity contribution in [3.05, 3.63) is 29.7 Å². The molecule has 0 unspecified atom stereocenters. The van der Waals surface area contributed by atoms with Crippen molar-refractivity contribution < 1.29 is 0 Å². The van der Waals surface area contributed by atoms with Gasteiger partial charge in [-0.15, -0.1) is 0 Å². The van der Waals surface area contributed by atoms with E-state index < -0.39 is 0 Å². The van der Waals surface area contributed by atoms with E-state index >= 15 is 0 Å². The predicted octanol–water partition coefficient (Wildman–Crippen LogP) is 2.16. The minimum atomic E-state index is 0.766. The molecule has 0 fully saturated rings. The summed E-state index contributed by atoms with van der Waals surface area (Å²) in [6.07, 6.45) is 4.56. The molecule has 0 aliphatic carbocycles. The number of hydrogen-bond acceptors (Lipinski definition) is 5. The van der Waals surface area contributed by atoms with Crippen LogP contribution in [-0.4, -0.2) is 26.7 Å². The largest absolute Gasteiger partial charge is 0.313 e. The van der Waals surface area contributed by atoms with Crippen molar-refractivity contribution in [3.8, 4) is 0 Å². The summed E-state index contributed by atoms with van der Waals surface area (Å²) in [5, 5.41) is 11.7. The summed E-state index contributed by atoms with van der Waals surface area (Å²) < 4.78 is 0. The molecule has 0 aromatic carbocycles. The van der Waals surface area contributed by atoms with Crippen molar-refractivity contribution in [1.29, 1.82) is 0 Å². The van der Waals surface area contributed by atoms with Gasteiger partial charge in [-0.05, 0) is 42.8 Å². The second-order valence-corrected chi connectivity index (χ2v) is 5.01. The van der Waals surface area contributed by atoms with E-state index in [1.807, 2.05) is 6.20 Å². The van der Waals surface area contributed by atoms with E-state index in [0.29, 0.717) is 0 Å². The van der Waals surface area contributed by atoms with Crippen LogP contribution in [0.15, 0.2) is 28.8 Å². The zero-order valence-electron chi connectivity index (χ0n) is 10.6. The van der Waals surface area contributed by atoms with E-state index in [1.165, 1.54) is 23.7 Å². The first-order valence-corrected chi connectivity index (χ1v) is 6.80. The lowest BCUT2D eigenvalue weighted by Gasteiger charge is -2.06. The van der Waals surface area contributed by atoms with Crippen molar-refractivity contribution in [2.75, 3.05) is 6.54 Å². The summed E-state index contributed by atoms with van der Waals surface area (Å²) >= 11 is 1.50. The topological polar surface area (TPSA) is 66.5 Å². The van der Waals surface area contributed by atoms with E-state index in [-0.39, 0.29) is 0 Å². The first-order chi connectivity index (χ1) is 8.79. The van der Waals surface area contributed by atoms with Gasteiger partial charge in [0.2, 0.25) is 0 Å². The maximum Gasteiger partial charge on any atom is 0.189 e. The Balaban J connectivity index is 2.01. The molecule has 0 aliphatic heterocycles. The number of aromatic nitrogens is 4. The highest BCUT2D eigenvalue weighted by atomic mass is 32.2. The van der Waals surface area contributed by atoms with E-state index in [2.05, 4.69) is 45.4 Å². The number of aromatic amines is 1. The second-order valence-electron chi connectivity index (χ2n) is 4.04. The van der Waals surface area contributed by atoms with Crippen LogP contribution in [0, 0.1) is 6.92 Å². The van der Waals surface area contributed by atoms with Crippen molar-refractivity contribution >= 4 is 11.8 Å². The molecule has 0 saturated carbocycles. The Morgan fingerprint density at radius 1 is 1.39 bits per heavy atom. The van der Waals surface area contributed by atoms with Crippen molar-refractivity contribution in [2.45, 2.75) is 37.0 Å². The van der Waals surface area contributed by atoms with Crippen molar-refractivity contribution in [2.24, 2.45) is 0 Å². The average Bonchev–Trinajstić information content (AvgIpc) is 2.86. The summed E-state index contributed by atoms with van der Waals surface area (Å²) in [5.74, 6) is 0. The van der Waals surface area contributed by atoms with E-state index in [0.717, 1.165) is 35.3 Å². The van der Waals surface area contributed by atoms with Gasteiger partial charge in [0.25, 0.3) is 0 Å². The molecular weight excluding hydrogens is 246 g/mol. The van der Waals surface area contributed by atoms with Gasteiger partial charge in [0, 0.05) is 12.7 Å². The van der Waals surface area contributed by atoms with Gasteiger partial charge in [0.15, 0.2) is 5.16 Å². The Kier molecular flexibility index (Phi) is 4.72. The Bertz CT molecular complexity index is 483. The predicted molar refractivity (Wildman–Crippen MR) is 71.5 cm³/mol. The molecule has 5 nitrogen and oxygen atoms in total. The fourth-order valence-corrected chi connectivity index (χ4v) is 2.28. The van der Waals surface area contributed by atoms with Gasteiger partial charge < -0.3 is 5.32 Å². The van der Waals surface area contributed by atoms with Crippen molar-refractivity contribution in [1.82, 2.24) is 25.5 Å². The Hall–Kier alpha value is -1.40. The second kappa shape index (κ2) is 6.51. The third kappa shape index (κ3) is 3.54. The molecule has 0 atom stereocenters. The normalized spacial score (nSPS) is 10.8. The number of rotatable bonds is 6. The number of hydrogen-bond donors (Lipinski definition) is 2. The molecule has 2 rings (SSSR count). The lowest BCUT2D eigenvalue weighted by molar-refractivity contribution is 0.672. The molecule has 96 valence electrons. The monoisotopic (exact) mass is 263 g/mol. The molecular formula is C12H17N5S. The molecule has 2 aromatic rings. The molecule has 0 radical (unpaired) electrons. The van der Waals surface area contributed by atoms with Crippen LogP contribution in [-0.2, 0) is 6.54 Å².